The molecule has 1 saturated carbocycles. The van der Waals surface area contributed by atoms with E-state index in [0.717, 1.165) is 25.6 Å². The zero-order chi connectivity index (χ0) is 13.7. The van der Waals surface area contributed by atoms with E-state index >= 15 is 0 Å². The lowest BCUT2D eigenvalue weighted by Gasteiger charge is -2.44. The summed E-state index contributed by atoms with van der Waals surface area (Å²) in [6.45, 7) is 8.92. The van der Waals surface area contributed by atoms with Crippen molar-refractivity contribution in [2.75, 3.05) is 26.2 Å². The fraction of sp³-hybridized carbons (Fsp3) is 1.00. The van der Waals surface area contributed by atoms with E-state index in [4.69, 9.17) is 10.5 Å². The Balaban J connectivity index is 1.70. The lowest BCUT2D eigenvalue weighted by Crippen LogP contribution is -2.46. The average Bonchev–Trinajstić information content (AvgIpc) is 2.39. The molecule has 1 aliphatic heterocycles. The maximum Gasteiger partial charge on any atom is 0.0599 e. The summed E-state index contributed by atoms with van der Waals surface area (Å²) < 4.78 is 5.89. The molecule has 2 aliphatic rings. The number of piperidine rings is 1. The Morgan fingerprint density at radius 2 is 1.95 bits per heavy atom. The van der Waals surface area contributed by atoms with Gasteiger partial charge in [0, 0.05) is 25.7 Å². The van der Waals surface area contributed by atoms with Crippen LogP contribution < -0.4 is 5.73 Å². The van der Waals surface area contributed by atoms with Gasteiger partial charge in [-0.25, -0.2) is 0 Å². The third-order valence-corrected chi connectivity index (χ3v) is 4.87. The number of ether oxygens (including phenoxy) is 1. The van der Waals surface area contributed by atoms with Crippen LogP contribution in [0.25, 0.3) is 0 Å². The first-order valence-electron chi connectivity index (χ1n) is 8.16. The highest BCUT2D eigenvalue weighted by molar-refractivity contribution is 4.87. The van der Waals surface area contributed by atoms with Crippen LogP contribution >= 0.6 is 0 Å². The topological polar surface area (TPSA) is 38.5 Å². The molecule has 0 aromatic rings. The molecule has 0 spiro atoms. The molecular formula is C16H32N2O. The number of nitrogens with zero attached hydrogens (tertiary/aromatic N) is 1. The number of nitrogens with two attached hydrogens (primary N) is 1. The van der Waals surface area contributed by atoms with Crippen molar-refractivity contribution in [1.29, 1.82) is 0 Å². The van der Waals surface area contributed by atoms with E-state index in [0.29, 0.717) is 11.5 Å². The summed E-state index contributed by atoms with van der Waals surface area (Å²) in [5.74, 6) is 0. The van der Waals surface area contributed by atoms with Crippen molar-refractivity contribution in [2.45, 2.75) is 70.9 Å². The second kappa shape index (κ2) is 7.05. The minimum absolute atomic E-state index is 0.486. The van der Waals surface area contributed by atoms with Crippen LogP contribution in [0.3, 0.4) is 0 Å². The smallest absolute Gasteiger partial charge is 0.0599 e. The molecule has 2 rings (SSSR count). The van der Waals surface area contributed by atoms with E-state index in [2.05, 4.69) is 18.7 Å². The van der Waals surface area contributed by atoms with Gasteiger partial charge in [0.1, 0.15) is 0 Å². The second-order valence-corrected chi connectivity index (χ2v) is 7.16. The van der Waals surface area contributed by atoms with Gasteiger partial charge in [0.25, 0.3) is 0 Å². The summed E-state index contributed by atoms with van der Waals surface area (Å²) in [6.07, 6.45) is 9.50. The summed E-state index contributed by atoms with van der Waals surface area (Å²) in [4.78, 5) is 2.73. The van der Waals surface area contributed by atoms with Gasteiger partial charge in [-0.2, -0.15) is 0 Å². The maximum atomic E-state index is 5.89. The number of hydrogen-bond acceptors (Lipinski definition) is 3. The summed E-state index contributed by atoms with van der Waals surface area (Å²) in [7, 11) is 0. The molecule has 3 heteroatoms. The van der Waals surface area contributed by atoms with Gasteiger partial charge >= 0.3 is 0 Å². The van der Waals surface area contributed by atoms with Crippen molar-refractivity contribution in [1.82, 2.24) is 4.90 Å². The molecule has 0 aromatic carbocycles. The zero-order valence-corrected chi connectivity index (χ0v) is 12.9. The van der Waals surface area contributed by atoms with Gasteiger partial charge < -0.3 is 15.4 Å². The van der Waals surface area contributed by atoms with Crippen LogP contribution in [-0.2, 0) is 4.74 Å². The molecule has 0 radical (unpaired) electrons. The van der Waals surface area contributed by atoms with E-state index in [1.54, 1.807) is 0 Å². The van der Waals surface area contributed by atoms with Gasteiger partial charge in [0.2, 0.25) is 0 Å². The Labute approximate surface area is 118 Å². The molecule has 1 aliphatic carbocycles. The van der Waals surface area contributed by atoms with E-state index < -0.39 is 0 Å². The van der Waals surface area contributed by atoms with Crippen molar-refractivity contribution in [2.24, 2.45) is 11.1 Å². The SMILES string of the molecule is CC1(C)CCCC(N2CCC(OCCCN)CC2)C1. The zero-order valence-electron chi connectivity index (χ0n) is 12.9. The molecule has 1 saturated heterocycles. The Bertz CT molecular complexity index is 259. The first kappa shape index (κ1) is 15.3. The minimum Gasteiger partial charge on any atom is -0.378 e. The molecule has 0 aromatic heterocycles. The van der Waals surface area contributed by atoms with E-state index in [9.17, 15) is 0 Å². The third kappa shape index (κ3) is 4.73. The summed E-state index contributed by atoms with van der Waals surface area (Å²) in [5, 5.41) is 0. The van der Waals surface area contributed by atoms with Crippen molar-refractivity contribution in [3.8, 4) is 0 Å². The minimum atomic E-state index is 0.486. The molecule has 2 fully saturated rings. The Morgan fingerprint density at radius 1 is 1.21 bits per heavy atom. The first-order chi connectivity index (χ1) is 9.11. The Morgan fingerprint density at radius 3 is 2.58 bits per heavy atom. The molecule has 2 N–H and O–H groups in total. The maximum absolute atomic E-state index is 5.89. The molecule has 0 bridgehead atoms. The third-order valence-electron chi connectivity index (χ3n) is 4.87. The molecule has 19 heavy (non-hydrogen) atoms. The number of likely N-dealkylation sites (tertiary alicyclic amines) is 1. The normalized spacial score (nSPS) is 29.5. The molecule has 1 unspecified atom stereocenters. The Hall–Kier alpha value is -0.120. The molecule has 112 valence electrons. The highest BCUT2D eigenvalue weighted by Gasteiger charge is 2.33. The van der Waals surface area contributed by atoms with Gasteiger partial charge in [-0.05, 0) is 50.5 Å². The van der Waals surface area contributed by atoms with Crippen LogP contribution in [0, 0.1) is 5.41 Å². The summed E-state index contributed by atoms with van der Waals surface area (Å²) in [6, 6.07) is 0.828. The number of hydrogen-bond donors (Lipinski definition) is 1. The highest BCUT2D eigenvalue weighted by atomic mass is 16.5. The predicted molar refractivity (Wildman–Crippen MR) is 80.3 cm³/mol. The van der Waals surface area contributed by atoms with Crippen LogP contribution in [0.15, 0.2) is 0 Å². The van der Waals surface area contributed by atoms with Crippen LogP contribution in [0.2, 0.25) is 0 Å². The first-order valence-corrected chi connectivity index (χ1v) is 8.16. The van der Waals surface area contributed by atoms with Gasteiger partial charge in [-0.15, -0.1) is 0 Å². The lowest BCUT2D eigenvalue weighted by molar-refractivity contribution is -0.0133. The molecule has 3 nitrogen and oxygen atoms in total. The molecule has 0 amide bonds. The van der Waals surface area contributed by atoms with Crippen LogP contribution in [-0.4, -0.2) is 43.3 Å². The average molecular weight is 268 g/mol. The van der Waals surface area contributed by atoms with E-state index in [1.165, 1.54) is 51.6 Å². The van der Waals surface area contributed by atoms with E-state index in [-0.39, 0.29) is 0 Å². The molecular weight excluding hydrogens is 236 g/mol. The predicted octanol–water partition coefficient (Wildman–Crippen LogP) is 2.79. The molecule has 1 atom stereocenters. The second-order valence-electron chi connectivity index (χ2n) is 7.16. The van der Waals surface area contributed by atoms with Gasteiger partial charge in [0.15, 0.2) is 0 Å². The highest BCUT2D eigenvalue weighted by Crippen LogP contribution is 2.38. The van der Waals surface area contributed by atoms with Gasteiger partial charge in [-0.1, -0.05) is 20.3 Å². The fourth-order valence-corrected chi connectivity index (χ4v) is 3.71. The van der Waals surface area contributed by atoms with Crippen LogP contribution in [0.4, 0.5) is 0 Å². The van der Waals surface area contributed by atoms with Gasteiger partial charge in [-0.3, -0.25) is 0 Å². The van der Waals surface area contributed by atoms with Crippen LogP contribution in [0.5, 0.6) is 0 Å². The summed E-state index contributed by atoms with van der Waals surface area (Å²) >= 11 is 0. The van der Waals surface area contributed by atoms with E-state index in [1.807, 2.05) is 0 Å². The summed E-state index contributed by atoms with van der Waals surface area (Å²) in [5.41, 5.74) is 6.05. The molecule has 1 heterocycles. The monoisotopic (exact) mass is 268 g/mol. The largest absolute Gasteiger partial charge is 0.378 e. The van der Waals surface area contributed by atoms with Crippen molar-refractivity contribution < 1.29 is 4.74 Å². The van der Waals surface area contributed by atoms with Crippen molar-refractivity contribution >= 4 is 0 Å². The standard InChI is InChI=1S/C16H32N2O/c1-16(2)8-3-5-14(13-16)18-10-6-15(7-11-18)19-12-4-9-17/h14-15H,3-13,17H2,1-2H3. The number of rotatable bonds is 5. The quantitative estimate of drug-likeness (QED) is 0.779. The van der Waals surface area contributed by atoms with Crippen molar-refractivity contribution in [3.63, 3.8) is 0 Å². The fourth-order valence-electron chi connectivity index (χ4n) is 3.71. The van der Waals surface area contributed by atoms with Crippen molar-refractivity contribution in [3.05, 3.63) is 0 Å². The van der Waals surface area contributed by atoms with Crippen LogP contribution in [0.1, 0.15) is 58.8 Å². The Kier molecular flexibility index (Phi) is 5.67. The van der Waals surface area contributed by atoms with Gasteiger partial charge in [0.05, 0.1) is 6.10 Å². The lowest BCUT2D eigenvalue weighted by atomic mass is 9.74.